The Balaban J connectivity index is 1.67. The molecule has 1 aromatic heterocycles. The third kappa shape index (κ3) is 11.8. The van der Waals surface area contributed by atoms with Crippen LogP contribution in [0.15, 0.2) is 33.9 Å². The maximum absolute atomic E-state index is 12.4. The molecule has 13 nitrogen and oxygen atoms in total. The number of primary amides is 1. The number of nitrogens with zero attached hydrogens (tertiary/aromatic N) is 2. The molecule has 2 aromatic rings. The fourth-order valence-electron chi connectivity index (χ4n) is 3.11. The van der Waals surface area contributed by atoms with Gasteiger partial charge in [-0.15, -0.1) is 5.10 Å². The number of aromatic nitrogens is 2. The van der Waals surface area contributed by atoms with Crippen LogP contribution in [0, 0.1) is 5.92 Å². The van der Waals surface area contributed by atoms with E-state index in [4.69, 9.17) is 30.1 Å². The molecule has 1 aromatic carbocycles. The lowest BCUT2D eigenvalue weighted by molar-refractivity contribution is -0.126. The van der Waals surface area contributed by atoms with Gasteiger partial charge in [-0.2, -0.15) is 0 Å². The van der Waals surface area contributed by atoms with E-state index in [0.717, 1.165) is 12.7 Å². The monoisotopic (exact) mass is 541 g/mol. The molecular weight excluding hydrogens is 506 g/mol. The summed E-state index contributed by atoms with van der Waals surface area (Å²) in [5, 5.41) is 9.45. The summed E-state index contributed by atoms with van der Waals surface area (Å²) in [6.45, 7) is 3.49. The Hall–Kier alpha value is -2.91. The van der Waals surface area contributed by atoms with Gasteiger partial charge in [0, 0.05) is 43.1 Å². The average molecular weight is 542 g/mol. The van der Waals surface area contributed by atoms with Gasteiger partial charge in [0.25, 0.3) is 0 Å². The second-order valence-electron chi connectivity index (χ2n) is 8.20. The number of anilines is 1. The standard InChI is InChI=1S/C23H35N5O8S/c1-37(31,32)23-28-27-22(36-23)17-5-7-19(8-6-17)26-20(29)16-18(21(25)30)4-2-10-33-12-14-35-15-13-34-11-3-9-24/h5-8,18H,2-4,9-16,24H2,1H3,(H2,25,30)(H,26,29). The Kier molecular flexibility index (Phi) is 13.1. The summed E-state index contributed by atoms with van der Waals surface area (Å²) in [4.78, 5) is 24.2. The first-order valence-electron chi connectivity index (χ1n) is 11.9. The van der Waals surface area contributed by atoms with Gasteiger partial charge in [-0.1, -0.05) is 5.10 Å². The molecule has 2 rings (SSSR count). The second-order valence-corrected chi connectivity index (χ2v) is 10.1. The zero-order valence-electron chi connectivity index (χ0n) is 20.9. The van der Waals surface area contributed by atoms with Crippen molar-refractivity contribution in [2.24, 2.45) is 17.4 Å². The summed E-state index contributed by atoms with van der Waals surface area (Å²) >= 11 is 0. The Morgan fingerprint density at radius 1 is 0.973 bits per heavy atom. The number of benzene rings is 1. The number of amides is 2. The highest BCUT2D eigenvalue weighted by Gasteiger charge is 2.20. The second kappa shape index (κ2) is 16.0. The van der Waals surface area contributed by atoms with Crippen molar-refractivity contribution in [1.29, 1.82) is 0 Å². The van der Waals surface area contributed by atoms with Gasteiger partial charge in [-0.3, -0.25) is 9.59 Å². The van der Waals surface area contributed by atoms with Crippen LogP contribution in [0.2, 0.25) is 0 Å². The first-order chi connectivity index (χ1) is 17.7. The number of carbonyl (C=O) groups excluding carboxylic acids is 2. The van der Waals surface area contributed by atoms with E-state index in [-0.39, 0.29) is 18.2 Å². The number of hydrogen-bond acceptors (Lipinski definition) is 11. The van der Waals surface area contributed by atoms with E-state index in [0.29, 0.717) is 70.3 Å². The number of carbonyl (C=O) groups is 2. The maximum atomic E-state index is 12.4. The number of ether oxygens (including phenoxy) is 3. The van der Waals surface area contributed by atoms with Crippen molar-refractivity contribution in [3.8, 4) is 11.5 Å². The minimum absolute atomic E-state index is 0.0354. The van der Waals surface area contributed by atoms with Gasteiger partial charge in [0.2, 0.25) is 27.5 Å². The van der Waals surface area contributed by atoms with Gasteiger partial charge in [0.1, 0.15) is 0 Å². The highest BCUT2D eigenvalue weighted by molar-refractivity contribution is 7.90. The molecule has 0 radical (unpaired) electrons. The van der Waals surface area contributed by atoms with Crippen molar-refractivity contribution in [2.75, 3.05) is 57.8 Å². The van der Waals surface area contributed by atoms with Gasteiger partial charge in [0.05, 0.1) is 26.4 Å². The van der Waals surface area contributed by atoms with Crippen LogP contribution in [0.5, 0.6) is 0 Å². The van der Waals surface area contributed by atoms with Gasteiger partial charge in [0.15, 0.2) is 0 Å². The molecule has 0 aliphatic carbocycles. The van der Waals surface area contributed by atoms with E-state index in [9.17, 15) is 18.0 Å². The largest absolute Gasteiger partial charge is 0.408 e. The molecule has 1 heterocycles. The number of rotatable bonds is 19. The summed E-state index contributed by atoms with van der Waals surface area (Å²) in [5.74, 6) is -1.51. The SMILES string of the molecule is CS(=O)(=O)c1nnc(-c2ccc(NC(=O)CC(CCCOCCOCCOCCCN)C(N)=O)cc2)o1. The molecule has 0 aliphatic rings. The summed E-state index contributed by atoms with van der Waals surface area (Å²) in [5.41, 5.74) is 11.8. The topological polar surface area (TPSA) is 199 Å². The van der Waals surface area contributed by atoms with E-state index in [1.807, 2.05) is 0 Å². The Morgan fingerprint density at radius 3 is 2.11 bits per heavy atom. The molecule has 0 spiro atoms. The highest BCUT2D eigenvalue weighted by atomic mass is 32.2. The van der Waals surface area contributed by atoms with Crippen molar-refractivity contribution < 1.29 is 36.6 Å². The molecule has 0 saturated carbocycles. The van der Waals surface area contributed by atoms with E-state index in [1.54, 1.807) is 24.3 Å². The third-order valence-corrected chi connectivity index (χ3v) is 5.85. The van der Waals surface area contributed by atoms with E-state index < -0.39 is 26.9 Å². The van der Waals surface area contributed by atoms with Crippen LogP contribution in [0.3, 0.4) is 0 Å². The number of nitrogens with one attached hydrogen (secondary N) is 1. The van der Waals surface area contributed by atoms with Gasteiger partial charge in [-0.05, 0) is 50.1 Å². The van der Waals surface area contributed by atoms with Crippen LogP contribution < -0.4 is 16.8 Å². The number of nitrogens with two attached hydrogens (primary N) is 2. The van der Waals surface area contributed by atoms with Crippen molar-refractivity contribution in [3.05, 3.63) is 24.3 Å². The lowest BCUT2D eigenvalue weighted by Crippen LogP contribution is -2.28. The predicted molar refractivity (Wildman–Crippen MR) is 134 cm³/mol. The van der Waals surface area contributed by atoms with Crippen LogP contribution >= 0.6 is 0 Å². The normalized spacial score (nSPS) is 12.4. The molecule has 1 unspecified atom stereocenters. The van der Waals surface area contributed by atoms with Crippen LogP contribution in [0.1, 0.15) is 25.7 Å². The summed E-state index contributed by atoms with van der Waals surface area (Å²) in [7, 11) is -3.61. The quantitative estimate of drug-likeness (QED) is 0.212. The Bertz CT molecular complexity index is 1080. The molecule has 5 N–H and O–H groups in total. The van der Waals surface area contributed by atoms with Crippen molar-refractivity contribution in [1.82, 2.24) is 10.2 Å². The van der Waals surface area contributed by atoms with Crippen molar-refractivity contribution in [2.45, 2.75) is 30.9 Å². The minimum Gasteiger partial charge on any atom is -0.408 e. The molecule has 0 bridgehead atoms. The Morgan fingerprint density at radius 2 is 1.57 bits per heavy atom. The number of sulfone groups is 1. The fraction of sp³-hybridized carbons (Fsp3) is 0.565. The van der Waals surface area contributed by atoms with Crippen LogP contribution in [0.25, 0.3) is 11.5 Å². The van der Waals surface area contributed by atoms with E-state index in [2.05, 4.69) is 15.5 Å². The van der Waals surface area contributed by atoms with Gasteiger partial charge in [-0.25, -0.2) is 8.42 Å². The Labute approximate surface area is 216 Å². The number of hydrogen-bond donors (Lipinski definition) is 3. The maximum Gasteiger partial charge on any atom is 0.335 e. The van der Waals surface area contributed by atoms with Crippen LogP contribution in [-0.2, 0) is 33.6 Å². The van der Waals surface area contributed by atoms with Crippen LogP contribution in [-0.4, -0.2) is 82.9 Å². The molecule has 14 heteroatoms. The first-order valence-corrected chi connectivity index (χ1v) is 13.8. The molecule has 0 saturated heterocycles. The van der Waals surface area contributed by atoms with Crippen molar-refractivity contribution >= 4 is 27.3 Å². The molecule has 206 valence electrons. The van der Waals surface area contributed by atoms with E-state index >= 15 is 0 Å². The molecule has 37 heavy (non-hydrogen) atoms. The lowest BCUT2D eigenvalue weighted by Gasteiger charge is -2.13. The molecule has 1 atom stereocenters. The molecule has 0 aliphatic heterocycles. The molecule has 2 amide bonds. The van der Waals surface area contributed by atoms with Gasteiger partial charge >= 0.3 is 5.22 Å². The fourth-order valence-corrected chi connectivity index (χ4v) is 3.53. The van der Waals surface area contributed by atoms with Crippen molar-refractivity contribution in [3.63, 3.8) is 0 Å². The predicted octanol–water partition coefficient (Wildman–Crippen LogP) is 0.749. The first kappa shape index (κ1) is 30.3. The van der Waals surface area contributed by atoms with E-state index in [1.165, 1.54) is 0 Å². The summed E-state index contributed by atoms with van der Waals surface area (Å²) < 4.78 is 44.3. The zero-order chi connectivity index (χ0) is 27.1. The minimum atomic E-state index is -3.61. The summed E-state index contributed by atoms with van der Waals surface area (Å²) in [6.07, 6.45) is 2.71. The third-order valence-electron chi connectivity index (χ3n) is 5.05. The molecule has 0 fully saturated rings. The smallest absolute Gasteiger partial charge is 0.335 e. The van der Waals surface area contributed by atoms with Crippen LogP contribution in [0.4, 0.5) is 5.69 Å². The lowest BCUT2D eigenvalue weighted by atomic mass is 9.98. The average Bonchev–Trinajstić information content (AvgIpc) is 3.35. The summed E-state index contributed by atoms with van der Waals surface area (Å²) in [6, 6.07) is 6.38. The van der Waals surface area contributed by atoms with Gasteiger partial charge < -0.3 is 35.4 Å². The molecular formula is C23H35N5O8S. The highest BCUT2D eigenvalue weighted by Crippen LogP contribution is 2.22. The zero-order valence-corrected chi connectivity index (χ0v) is 21.7.